The van der Waals surface area contributed by atoms with Gasteiger partial charge in [0.05, 0.1) is 4.92 Å². The minimum absolute atomic E-state index is 0.181. The van der Waals surface area contributed by atoms with Crippen molar-refractivity contribution in [2.45, 2.75) is 32.9 Å². The molecule has 23 heavy (non-hydrogen) atoms. The molecule has 2 aromatic rings. The molecule has 122 valence electrons. The van der Waals surface area contributed by atoms with Crippen molar-refractivity contribution in [2.75, 3.05) is 11.1 Å². The summed E-state index contributed by atoms with van der Waals surface area (Å²) in [7, 11) is 0. The van der Waals surface area contributed by atoms with Crippen molar-refractivity contribution in [3.63, 3.8) is 0 Å². The highest BCUT2D eigenvalue weighted by molar-refractivity contribution is 5.53. The van der Waals surface area contributed by atoms with Crippen molar-refractivity contribution in [1.29, 1.82) is 0 Å². The number of nitrogens with one attached hydrogen (secondary N) is 1. The van der Waals surface area contributed by atoms with Crippen LogP contribution < -0.4 is 15.8 Å². The van der Waals surface area contributed by atoms with E-state index in [0.717, 1.165) is 11.8 Å². The summed E-state index contributed by atoms with van der Waals surface area (Å²) in [5, 5.41) is 13.6. The summed E-state index contributed by atoms with van der Waals surface area (Å²) in [6, 6.07) is 3.62. The fraction of sp³-hybridized carbons (Fsp3) is 0.357. The second-order valence-corrected chi connectivity index (χ2v) is 5.79. The van der Waals surface area contributed by atoms with Gasteiger partial charge in [-0.25, -0.2) is 9.97 Å². The van der Waals surface area contributed by atoms with Gasteiger partial charge in [-0.1, -0.05) is 0 Å². The molecule has 0 bridgehead atoms. The van der Waals surface area contributed by atoms with Crippen molar-refractivity contribution in [1.82, 2.24) is 15.0 Å². The number of nitrogen functional groups attached to an aromatic ring is 1. The Bertz CT molecular complexity index is 714. The number of hydrogen-bond donors (Lipinski definition) is 2. The summed E-state index contributed by atoms with van der Waals surface area (Å²) in [5.74, 6) is 0.545. The molecule has 0 aromatic carbocycles. The molecule has 2 aromatic heterocycles. The van der Waals surface area contributed by atoms with Crippen molar-refractivity contribution >= 4 is 17.5 Å². The van der Waals surface area contributed by atoms with Crippen LogP contribution in [0.2, 0.25) is 0 Å². The highest BCUT2D eigenvalue weighted by Gasteiger charge is 2.15. The first kappa shape index (κ1) is 16.4. The van der Waals surface area contributed by atoms with E-state index in [1.54, 1.807) is 12.3 Å². The van der Waals surface area contributed by atoms with Gasteiger partial charge < -0.3 is 15.8 Å². The molecule has 0 aliphatic rings. The number of nitrogens with zero attached hydrogens (tertiary/aromatic N) is 4. The summed E-state index contributed by atoms with van der Waals surface area (Å²) >= 11 is 0. The van der Waals surface area contributed by atoms with Crippen molar-refractivity contribution in [3.05, 3.63) is 40.2 Å². The van der Waals surface area contributed by atoms with E-state index in [9.17, 15) is 10.1 Å². The Kier molecular flexibility index (Phi) is 4.58. The van der Waals surface area contributed by atoms with Crippen molar-refractivity contribution in [3.8, 4) is 5.88 Å². The van der Waals surface area contributed by atoms with Gasteiger partial charge in [-0.2, -0.15) is 4.98 Å². The van der Waals surface area contributed by atoms with E-state index in [2.05, 4.69) is 20.3 Å². The van der Waals surface area contributed by atoms with E-state index >= 15 is 0 Å². The van der Waals surface area contributed by atoms with Crippen LogP contribution in [0.3, 0.4) is 0 Å². The second-order valence-electron chi connectivity index (χ2n) is 5.79. The number of nitrogens with two attached hydrogens (primary N) is 1. The molecule has 9 nitrogen and oxygen atoms in total. The number of anilines is 2. The zero-order chi connectivity index (χ0) is 17.0. The molecule has 0 amide bonds. The first-order valence-corrected chi connectivity index (χ1v) is 6.89. The molecule has 3 N–H and O–H groups in total. The Labute approximate surface area is 133 Å². The lowest BCUT2D eigenvalue weighted by Crippen LogP contribution is -2.23. The summed E-state index contributed by atoms with van der Waals surface area (Å²) in [5.41, 5.74) is 5.77. The van der Waals surface area contributed by atoms with Crippen LogP contribution in [0.1, 0.15) is 26.3 Å². The summed E-state index contributed by atoms with van der Waals surface area (Å²) in [6.45, 7) is 6.22. The van der Waals surface area contributed by atoms with Gasteiger partial charge in [-0.3, -0.25) is 10.1 Å². The highest BCUT2D eigenvalue weighted by Crippen LogP contribution is 2.19. The zero-order valence-corrected chi connectivity index (χ0v) is 13.1. The third kappa shape index (κ3) is 4.77. The molecule has 2 rings (SSSR count). The summed E-state index contributed by atoms with van der Waals surface area (Å²) in [4.78, 5) is 21.9. The molecule has 0 fully saturated rings. The lowest BCUT2D eigenvalue weighted by Gasteiger charge is -2.20. The molecule has 0 aliphatic heterocycles. The van der Waals surface area contributed by atoms with Crippen LogP contribution in [0.5, 0.6) is 5.88 Å². The SMILES string of the molecule is CC(C)(C)Oc1cc(CNc2ncc([N+](=O)[O-])c(N)n2)ccn1. The van der Waals surface area contributed by atoms with Gasteiger partial charge in [0, 0.05) is 18.8 Å². The molecule has 0 saturated heterocycles. The molecule has 0 atom stereocenters. The number of ether oxygens (including phenoxy) is 1. The van der Waals surface area contributed by atoms with E-state index in [1.165, 1.54) is 0 Å². The third-order valence-corrected chi connectivity index (χ3v) is 2.66. The van der Waals surface area contributed by atoms with Crippen LogP contribution in [-0.4, -0.2) is 25.5 Å². The molecular weight excluding hydrogens is 300 g/mol. The standard InChI is InChI=1S/C14H18N6O3/c1-14(2,3)23-11-6-9(4-5-16-11)7-17-13-18-8-10(20(21)22)12(15)19-13/h4-6,8H,7H2,1-3H3,(H3,15,17,18,19). The van der Waals surface area contributed by atoms with Gasteiger partial charge in [-0.05, 0) is 32.4 Å². The Morgan fingerprint density at radius 2 is 2.13 bits per heavy atom. The first-order chi connectivity index (χ1) is 10.7. The molecule has 0 unspecified atom stereocenters. The predicted molar refractivity (Wildman–Crippen MR) is 85.0 cm³/mol. The summed E-state index contributed by atoms with van der Waals surface area (Å²) < 4.78 is 5.69. The third-order valence-electron chi connectivity index (χ3n) is 2.66. The molecule has 0 radical (unpaired) electrons. The Morgan fingerprint density at radius 3 is 2.74 bits per heavy atom. The highest BCUT2D eigenvalue weighted by atomic mass is 16.6. The fourth-order valence-corrected chi connectivity index (χ4v) is 1.73. The van der Waals surface area contributed by atoms with Gasteiger partial charge in [0.1, 0.15) is 11.8 Å². The van der Waals surface area contributed by atoms with Crippen LogP contribution >= 0.6 is 0 Å². The number of hydrogen-bond acceptors (Lipinski definition) is 8. The maximum atomic E-state index is 10.7. The maximum Gasteiger partial charge on any atom is 0.329 e. The molecule has 0 spiro atoms. The topological polar surface area (TPSA) is 129 Å². The minimum Gasteiger partial charge on any atom is -0.472 e. The first-order valence-electron chi connectivity index (χ1n) is 6.89. The Balaban J connectivity index is 2.05. The van der Waals surface area contributed by atoms with Crippen LogP contribution in [0, 0.1) is 10.1 Å². The number of aromatic nitrogens is 3. The zero-order valence-electron chi connectivity index (χ0n) is 13.1. The normalized spacial score (nSPS) is 11.1. The van der Waals surface area contributed by atoms with Crippen LogP contribution in [0.25, 0.3) is 0 Å². The van der Waals surface area contributed by atoms with E-state index in [4.69, 9.17) is 10.5 Å². The van der Waals surface area contributed by atoms with Gasteiger partial charge >= 0.3 is 5.69 Å². The minimum atomic E-state index is -0.627. The molecule has 0 aliphatic carbocycles. The van der Waals surface area contributed by atoms with Crippen molar-refractivity contribution in [2.24, 2.45) is 0 Å². The smallest absolute Gasteiger partial charge is 0.329 e. The van der Waals surface area contributed by atoms with Gasteiger partial charge in [0.15, 0.2) is 0 Å². The van der Waals surface area contributed by atoms with Crippen LogP contribution in [0.15, 0.2) is 24.5 Å². The Hall–Kier alpha value is -2.97. The van der Waals surface area contributed by atoms with E-state index in [0.29, 0.717) is 12.4 Å². The van der Waals surface area contributed by atoms with E-state index in [1.807, 2.05) is 26.8 Å². The van der Waals surface area contributed by atoms with E-state index in [-0.39, 0.29) is 23.1 Å². The average molecular weight is 318 g/mol. The van der Waals surface area contributed by atoms with Gasteiger partial charge in [-0.15, -0.1) is 0 Å². The predicted octanol–water partition coefficient (Wildman–Crippen LogP) is 2.15. The lowest BCUT2D eigenvalue weighted by molar-refractivity contribution is -0.384. The lowest BCUT2D eigenvalue weighted by atomic mass is 10.2. The fourth-order valence-electron chi connectivity index (χ4n) is 1.73. The number of pyridine rings is 1. The molecule has 9 heteroatoms. The van der Waals surface area contributed by atoms with Crippen LogP contribution in [-0.2, 0) is 6.54 Å². The number of nitro groups is 1. The van der Waals surface area contributed by atoms with Gasteiger partial charge in [0.2, 0.25) is 17.6 Å². The Morgan fingerprint density at radius 1 is 1.39 bits per heavy atom. The average Bonchev–Trinajstić information content (AvgIpc) is 2.43. The van der Waals surface area contributed by atoms with Crippen molar-refractivity contribution < 1.29 is 9.66 Å². The summed E-state index contributed by atoms with van der Waals surface area (Å²) in [6.07, 6.45) is 2.72. The maximum absolute atomic E-state index is 10.7. The van der Waals surface area contributed by atoms with Crippen LogP contribution in [0.4, 0.5) is 17.5 Å². The monoisotopic (exact) mass is 318 g/mol. The molecule has 2 heterocycles. The number of rotatable bonds is 5. The van der Waals surface area contributed by atoms with Gasteiger partial charge in [0.25, 0.3) is 0 Å². The second kappa shape index (κ2) is 6.42. The molecular formula is C14H18N6O3. The quantitative estimate of drug-likeness (QED) is 0.633. The molecule has 0 saturated carbocycles. The largest absolute Gasteiger partial charge is 0.472 e. The van der Waals surface area contributed by atoms with E-state index < -0.39 is 4.92 Å².